The number of hydrogen-bond donors (Lipinski definition) is 0. The summed E-state index contributed by atoms with van der Waals surface area (Å²) >= 11 is -0.826. The third-order valence-electron chi connectivity index (χ3n) is 13.5. The Kier molecular flexibility index (Phi) is 15.2. The van der Waals surface area contributed by atoms with Gasteiger partial charge >= 0.3 is 37.9 Å². The second-order valence-electron chi connectivity index (χ2n) is 16.9. The van der Waals surface area contributed by atoms with Gasteiger partial charge in [0.1, 0.15) is 0 Å². The van der Waals surface area contributed by atoms with Gasteiger partial charge in [-0.3, -0.25) is 0 Å². The molecule has 7 heteroatoms. The molecule has 2 unspecified atom stereocenters. The van der Waals surface area contributed by atoms with Crippen molar-refractivity contribution in [3.05, 3.63) is 272 Å². The van der Waals surface area contributed by atoms with Gasteiger partial charge < -0.3 is 8.85 Å². The van der Waals surface area contributed by atoms with Gasteiger partial charge in [0, 0.05) is 18.4 Å². The standard InChI is InChI=1S/C59H51O2Si2.2ClH.Zr/c1-7-25-49(26-8-1)62(50-27-9-2-10-28-50,51-29-11-3-12-30-51)60-45-43-59(57-41-39-47-23-19-21-37-55(47)57,58-42-40-48-24-20-22-38-56(48)58)44-46-61-63(52-31-13-4-14-32-52,53-33-15-5-16-34-53)54-35-17-6-18-36-54;;;/h1-42,45,57-58H,43-44,46H2;2*1H;/q-1;;;+2/p-2. The molecule has 0 saturated carbocycles. The van der Waals surface area contributed by atoms with Crippen molar-refractivity contribution in [1.29, 1.82) is 0 Å². The number of hydrogen-bond acceptors (Lipinski definition) is 2. The molecule has 0 N–H and O–H groups in total. The van der Waals surface area contributed by atoms with Crippen molar-refractivity contribution in [2.45, 2.75) is 24.7 Å². The van der Waals surface area contributed by atoms with E-state index in [1.807, 2.05) is 0 Å². The molecule has 66 heavy (non-hydrogen) atoms. The molecule has 0 fully saturated rings. The summed E-state index contributed by atoms with van der Waals surface area (Å²) in [6.45, 7) is 2.77. The Balaban J connectivity index is 0.00000178. The summed E-state index contributed by atoms with van der Waals surface area (Å²) in [6, 6.07) is 83.6. The van der Waals surface area contributed by atoms with Crippen LogP contribution in [-0.4, -0.2) is 23.2 Å². The maximum atomic E-state index is 7.84. The van der Waals surface area contributed by atoms with Crippen molar-refractivity contribution < 1.29 is 29.7 Å². The van der Waals surface area contributed by atoms with Crippen LogP contribution in [0.5, 0.6) is 0 Å². The third-order valence-corrected chi connectivity index (χ3v) is 21.6. The molecule has 0 amide bonds. The van der Waals surface area contributed by atoms with Gasteiger partial charge in [0.25, 0.3) is 16.6 Å². The van der Waals surface area contributed by atoms with E-state index in [2.05, 4.69) is 261 Å². The molecule has 0 radical (unpaired) electrons. The molecule has 0 saturated heterocycles. The van der Waals surface area contributed by atoms with Crippen molar-refractivity contribution in [2.75, 3.05) is 6.61 Å². The first-order valence-electron chi connectivity index (χ1n) is 22.6. The molecule has 0 spiro atoms. The van der Waals surface area contributed by atoms with E-state index < -0.39 is 37.5 Å². The van der Waals surface area contributed by atoms with Gasteiger partial charge in [-0.05, 0) is 65.2 Å². The molecule has 8 aromatic rings. The van der Waals surface area contributed by atoms with Crippen LogP contribution in [-0.2, 0) is 29.7 Å². The Bertz CT molecular complexity index is 2440. The van der Waals surface area contributed by atoms with E-state index in [-0.39, 0.29) is 17.3 Å². The second-order valence-corrected chi connectivity index (χ2v) is 27.3. The average molecular weight is 1010 g/mol. The Labute approximate surface area is 411 Å². The molecule has 0 aliphatic heterocycles. The van der Waals surface area contributed by atoms with E-state index in [1.54, 1.807) is 0 Å². The molecule has 326 valence electrons. The summed E-state index contributed by atoms with van der Waals surface area (Å²) in [7, 11) is 3.80. The summed E-state index contributed by atoms with van der Waals surface area (Å²) in [5, 5.41) is 7.37. The number of benzene rings is 8. The molecule has 0 heterocycles. The van der Waals surface area contributed by atoms with Crippen LogP contribution in [0.2, 0.25) is 0 Å². The summed E-state index contributed by atoms with van der Waals surface area (Å²) in [4.78, 5) is 0. The topological polar surface area (TPSA) is 18.5 Å². The van der Waals surface area contributed by atoms with Crippen LogP contribution in [0.4, 0.5) is 0 Å². The van der Waals surface area contributed by atoms with E-state index in [0.717, 1.165) is 6.42 Å². The molecule has 8 aromatic carbocycles. The van der Waals surface area contributed by atoms with E-state index in [1.165, 1.54) is 53.4 Å². The first kappa shape index (κ1) is 46.2. The number of halogens is 2. The van der Waals surface area contributed by atoms with Crippen molar-refractivity contribution in [2.24, 2.45) is 5.41 Å². The molecule has 2 nitrogen and oxygen atoms in total. The van der Waals surface area contributed by atoms with Crippen LogP contribution in [0.15, 0.2) is 243 Å². The minimum absolute atomic E-state index is 0.0976. The summed E-state index contributed by atoms with van der Waals surface area (Å²) < 4.78 is 15.6. The van der Waals surface area contributed by atoms with Crippen molar-refractivity contribution >= 4 is 76.9 Å². The Morgan fingerprint density at radius 1 is 0.424 bits per heavy atom. The Hall–Kier alpha value is -4.94. The molecule has 2 aliphatic carbocycles. The maximum absolute atomic E-state index is 7.84. The van der Waals surface area contributed by atoms with Crippen LogP contribution in [0.3, 0.4) is 0 Å². The van der Waals surface area contributed by atoms with Crippen molar-refractivity contribution in [3.8, 4) is 0 Å². The van der Waals surface area contributed by atoms with Crippen molar-refractivity contribution in [1.82, 2.24) is 0 Å². The average Bonchev–Trinajstić information content (AvgIpc) is 4.04. The van der Waals surface area contributed by atoms with Crippen LogP contribution < -0.4 is 31.1 Å². The fourth-order valence-corrected chi connectivity index (χ4v) is 18.2. The van der Waals surface area contributed by atoms with Gasteiger partial charge in [-0.15, -0.1) is 0 Å². The predicted molar refractivity (Wildman–Crippen MR) is 279 cm³/mol. The zero-order valence-corrected chi connectivity index (χ0v) is 42.6. The van der Waals surface area contributed by atoms with Crippen molar-refractivity contribution in [3.63, 3.8) is 0 Å². The van der Waals surface area contributed by atoms with Crippen LogP contribution in [0, 0.1) is 12.0 Å². The third kappa shape index (κ3) is 9.20. The van der Waals surface area contributed by atoms with Gasteiger partial charge in [0.05, 0.1) is 0 Å². The molecular formula is C59H51Cl2O2Si2Zr-. The predicted octanol–water partition coefficient (Wildman–Crippen LogP) is 11.3. The van der Waals surface area contributed by atoms with E-state index >= 15 is 0 Å². The van der Waals surface area contributed by atoms with Gasteiger partial charge in [0.15, 0.2) is 0 Å². The second kappa shape index (κ2) is 21.8. The number of allylic oxidation sites excluding steroid dienone is 2. The van der Waals surface area contributed by atoms with E-state index in [4.69, 9.17) is 25.9 Å². The molecule has 0 aromatic heterocycles. The fraction of sp³-hybridized carbons (Fsp3) is 0.102. The SMILES string of the molecule is C1=CC(C(C[CH-]O[Si](c2ccccc2)(c2ccccc2)c2ccccc2)(CCO[Si](c2ccccc2)(c2ccccc2)c2ccccc2)C2C=Cc3ccccc32)c2ccccc21.[Cl][Zr][Cl]. The van der Waals surface area contributed by atoms with Crippen LogP contribution >= 0.6 is 17.0 Å². The Morgan fingerprint density at radius 2 is 0.727 bits per heavy atom. The molecular weight excluding hydrogens is 959 g/mol. The molecule has 10 rings (SSSR count). The zero-order chi connectivity index (χ0) is 45.1. The summed E-state index contributed by atoms with van der Waals surface area (Å²) in [5.41, 5.74) is 4.91. The molecule has 2 atom stereocenters. The van der Waals surface area contributed by atoms with Gasteiger partial charge in [-0.25, -0.2) is 6.61 Å². The first-order chi connectivity index (χ1) is 32.6. The summed E-state index contributed by atoms with van der Waals surface area (Å²) in [6.07, 6.45) is 11.1. The fourth-order valence-electron chi connectivity index (χ4n) is 10.6. The van der Waals surface area contributed by atoms with Gasteiger partial charge in [-0.2, -0.15) is 6.42 Å². The quantitative estimate of drug-likeness (QED) is 0.0546. The normalized spacial score (nSPS) is 15.8. The van der Waals surface area contributed by atoms with E-state index in [9.17, 15) is 0 Å². The minimum atomic E-state index is -3.06. The molecule has 2 aliphatic rings. The van der Waals surface area contributed by atoms with Gasteiger partial charge in [0.2, 0.25) is 0 Å². The first-order valence-corrected chi connectivity index (χ1v) is 32.8. The number of rotatable bonds is 16. The van der Waals surface area contributed by atoms with Gasteiger partial charge in [-0.1, -0.05) is 255 Å². The zero-order valence-electron chi connectivity index (χ0n) is 36.7. The van der Waals surface area contributed by atoms with E-state index in [0.29, 0.717) is 13.0 Å². The molecule has 0 bridgehead atoms. The Morgan fingerprint density at radius 3 is 1.08 bits per heavy atom. The van der Waals surface area contributed by atoms with Crippen LogP contribution in [0.25, 0.3) is 12.2 Å². The monoisotopic (exact) mass is 1010 g/mol. The summed E-state index contributed by atoms with van der Waals surface area (Å²) in [5.74, 6) is 0.195. The van der Waals surface area contributed by atoms with Crippen LogP contribution in [0.1, 0.15) is 46.9 Å². The number of fused-ring (bicyclic) bond motifs is 2.